The van der Waals surface area contributed by atoms with Gasteiger partial charge in [0.25, 0.3) is 0 Å². The van der Waals surface area contributed by atoms with Crippen LogP contribution in [-0.2, 0) is 4.79 Å². The second-order valence-corrected chi connectivity index (χ2v) is 3.12. The van der Waals surface area contributed by atoms with Crippen molar-refractivity contribution < 1.29 is 9.90 Å². The largest absolute Gasteiger partial charge is 0.480 e. The van der Waals surface area contributed by atoms with E-state index in [1.54, 1.807) is 0 Å². The van der Waals surface area contributed by atoms with Crippen molar-refractivity contribution in [3.05, 3.63) is 0 Å². The monoisotopic (exact) mass is 118 g/mol. The Labute approximate surface area is 45.9 Å². The van der Waals surface area contributed by atoms with Gasteiger partial charge >= 0.3 is 5.97 Å². The van der Waals surface area contributed by atoms with Gasteiger partial charge in [-0.3, -0.25) is 4.79 Å². The van der Waals surface area contributed by atoms with Gasteiger partial charge in [0.1, 0.15) is 5.25 Å². The van der Waals surface area contributed by atoms with Gasteiger partial charge in [0.05, 0.1) is 0 Å². The van der Waals surface area contributed by atoms with Crippen LogP contribution in [0.4, 0.5) is 0 Å². The number of carboxylic acid groups (broad SMARTS) is 1. The van der Waals surface area contributed by atoms with Crippen LogP contribution in [0.25, 0.3) is 0 Å². The van der Waals surface area contributed by atoms with Gasteiger partial charge in [-0.2, -0.15) is 0 Å². The maximum atomic E-state index is 9.95. The second kappa shape index (κ2) is 1.40. The number of rotatable bonds is 1. The molecule has 1 aliphatic rings. The van der Waals surface area contributed by atoms with Gasteiger partial charge < -0.3 is 5.11 Å². The lowest BCUT2D eigenvalue weighted by molar-refractivity contribution is -0.135. The van der Waals surface area contributed by atoms with E-state index in [1.807, 2.05) is 6.92 Å². The molecular weight excluding hydrogens is 112 g/mol. The van der Waals surface area contributed by atoms with E-state index >= 15 is 0 Å². The van der Waals surface area contributed by atoms with Crippen molar-refractivity contribution in [3.63, 3.8) is 0 Å². The van der Waals surface area contributed by atoms with E-state index < -0.39 is 5.97 Å². The van der Waals surface area contributed by atoms with Crippen molar-refractivity contribution >= 4 is 17.7 Å². The Bertz CT molecular complexity index is 102. The molecule has 0 saturated carbocycles. The van der Waals surface area contributed by atoms with Gasteiger partial charge in [0.15, 0.2) is 0 Å². The van der Waals surface area contributed by atoms with E-state index in [-0.39, 0.29) is 5.25 Å². The summed E-state index contributed by atoms with van der Waals surface area (Å²) in [5.74, 6) is -0.669. The third kappa shape index (κ3) is 0.881. The SMILES string of the molecule is CC1SC1C(=O)O. The predicted molar refractivity (Wildman–Crippen MR) is 28.5 cm³/mol. The first-order valence-electron chi connectivity index (χ1n) is 2.10. The van der Waals surface area contributed by atoms with Crippen LogP contribution in [0.15, 0.2) is 0 Å². The number of hydrogen-bond donors (Lipinski definition) is 1. The van der Waals surface area contributed by atoms with E-state index in [1.165, 1.54) is 11.8 Å². The molecule has 0 amide bonds. The summed E-state index contributed by atoms with van der Waals surface area (Å²) >= 11 is 1.50. The maximum absolute atomic E-state index is 9.95. The Morgan fingerprint density at radius 3 is 2.29 bits per heavy atom. The topological polar surface area (TPSA) is 37.3 Å². The summed E-state index contributed by atoms with van der Waals surface area (Å²) < 4.78 is 0. The van der Waals surface area contributed by atoms with Crippen LogP contribution in [0.1, 0.15) is 6.92 Å². The molecule has 0 radical (unpaired) electrons. The molecule has 2 atom stereocenters. The minimum Gasteiger partial charge on any atom is -0.480 e. The highest BCUT2D eigenvalue weighted by Crippen LogP contribution is 2.40. The molecule has 0 aromatic carbocycles. The van der Waals surface area contributed by atoms with Crippen LogP contribution in [0.3, 0.4) is 0 Å². The first-order valence-corrected chi connectivity index (χ1v) is 3.04. The van der Waals surface area contributed by atoms with Gasteiger partial charge in [-0.25, -0.2) is 0 Å². The molecule has 1 saturated heterocycles. The Morgan fingerprint density at radius 1 is 1.86 bits per heavy atom. The molecule has 2 unspecified atom stereocenters. The van der Waals surface area contributed by atoms with Gasteiger partial charge in [-0.1, -0.05) is 6.92 Å². The summed E-state index contributed by atoms with van der Waals surface area (Å²) in [6, 6.07) is 0. The fourth-order valence-corrected chi connectivity index (χ4v) is 1.05. The highest BCUT2D eigenvalue weighted by molar-refractivity contribution is 8.08. The zero-order valence-corrected chi connectivity index (χ0v) is 4.73. The average Bonchev–Trinajstić information content (AvgIpc) is 2.17. The van der Waals surface area contributed by atoms with Gasteiger partial charge in [-0.15, -0.1) is 11.8 Å². The molecule has 2 nitrogen and oxygen atoms in total. The molecule has 1 aliphatic heterocycles. The van der Waals surface area contributed by atoms with Crippen molar-refractivity contribution in [3.8, 4) is 0 Å². The number of carbonyl (C=O) groups is 1. The van der Waals surface area contributed by atoms with Crippen molar-refractivity contribution in [1.29, 1.82) is 0 Å². The summed E-state index contributed by atoms with van der Waals surface area (Å²) in [5, 5.41) is 8.46. The van der Waals surface area contributed by atoms with Gasteiger partial charge in [0, 0.05) is 5.25 Å². The van der Waals surface area contributed by atoms with Crippen LogP contribution in [0.2, 0.25) is 0 Å². The molecule has 1 fully saturated rings. The highest BCUT2D eigenvalue weighted by atomic mass is 32.2. The van der Waals surface area contributed by atoms with E-state index in [0.717, 1.165) is 0 Å². The van der Waals surface area contributed by atoms with Crippen LogP contribution in [0.5, 0.6) is 0 Å². The molecular formula is C4H6O2S. The van der Waals surface area contributed by atoms with Crippen LogP contribution >= 0.6 is 11.8 Å². The Hall–Kier alpha value is -0.180. The summed E-state index contributed by atoms with van der Waals surface area (Å²) in [4.78, 5) is 9.95. The molecule has 0 aromatic rings. The van der Waals surface area contributed by atoms with Crippen molar-refractivity contribution in [2.45, 2.75) is 17.4 Å². The lowest BCUT2D eigenvalue weighted by atomic mass is 10.4. The summed E-state index contributed by atoms with van der Waals surface area (Å²) in [5.41, 5.74) is 0. The van der Waals surface area contributed by atoms with Crippen molar-refractivity contribution in [2.75, 3.05) is 0 Å². The third-order valence-corrected chi connectivity index (χ3v) is 2.24. The molecule has 3 heteroatoms. The minimum absolute atomic E-state index is 0.0972. The smallest absolute Gasteiger partial charge is 0.317 e. The maximum Gasteiger partial charge on any atom is 0.317 e. The van der Waals surface area contributed by atoms with Crippen LogP contribution < -0.4 is 0 Å². The molecule has 0 spiro atoms. The summed E-state index contributed by atoms with van der Waals surface area (Å²) in [7, 11) is 0. The number of thioether (sulfide) groups is 1. The van der Waals surface area contributed by atoms with E-state index in [4.69, 9.17) is 5.11 Å². The van der Waals surface area contributed by atoms with E-state index in [9.17, 15) is 4.79 Å². The Kier molecular flexibility index (Phi) is 0.995. The summed E-state index contributed by atoms with van der Waals surface area (Å²) in [6.45, 7) is 1.92. The average molecular weight is 118 g/mol. The zero-order valence-electron chi connectivity index (χ0n) is 3.92. The van der Waals surface area contributed by atoms with Crippen LogP contribution in [0, 0.1) is 0 Å². The molecule has 1 rings (SSSR count). The van der Waals surface area contributed by atoms with Crippen molar-refractivity contribution in [1.82, 2.24) is 0 Å². The van der Waals surface area contributed by atoms with E-state index in [0.29, 0.717) is 5.25 Å². The van der Waals surface area contributed by atoms with Crippen molar-refractivity contribution in [2.24, 2.45) is 0 Å². The Morgan fingerprint density at radius 2 is 2.29 bits per heavy atom. The van der Waals surface area contributed by atoms with Gasteiger partial charge in [-0.05, 0) is 0 Å². The first-order chi connectivity index (χ1) is 3.22. The molecule has 1 N–H and O–H groups in total. The predicted octanol–water partition coefficient (Wildman–Crippen LogP) is 0.575. The van der Waals surface area contributed by atoms with Gasteiger partial charge in [0.2, 0.25) is 0 Å². The lowest BCUT2D eigenvalue weighted by Gasteiger charge is -1.77. The minimum atomic E-state index is -0.669. The second-order valence-electron chi connectivity index (χ2n) is 1.60. The normalized spacial score (nSPS) is 37.9. The number of aliphatic carboxylic acids is 1. The standard InChI is InChI=1S/C4H6O2S/c1-2-3(7-2)4(5)6/h2-3H,1H3,(H,5,6). The molecule has 40 valence electrons. The molecule has 0 aliphatic carbocycles. The molecule has 0 aromatic heterocycles. The van der Waals surface area contributed by atoms with Crippen LogP contribution in [-0.4, -0.2) is 21.6 Å². The lowest BCUT2D eigenvalue weighted by Crippen LogP contribution is -2.04. The fourth-order valence-electron chi connectivity index (χ4n) is 0.445. The Balaban J connectivity index is 2.33. The first kappa shape index (κ1) is 4.97. The van der Waals surface area contributed by atoms with E-state index in [2.05, 4.69) is 0 Å². The number of hydrogen-bond acceptors (Lipinski definition) is 2. The third-order valence-electron chi connectivity index (χ3n) is 0.954. The fraction of sp³-hybridized carbons (Fsp3) is 0.750. The summed E-state index contributed by atoms with van der Waals surface area (Å²) in [6.07, 6.45) is 0. The highest BCUT2D eigenvalue weighted by Gasteiger charge is 2.40. The number of carboxylic acids is 1. The molecule has 0 bridgehead atoms. The molecule has 7 heavy (non-hydrogen) atoms. The quantitative estimate of drug-likeness (QED) is 0.511. The molecule has 1 heterocycles. The zero-order chi connectivity index (χ0) is 5.44.